The maximum absolute atomic E-state index is 13.3. The van der Waals surface area contributed by atoms with Crippen molar-refractivity contribution in [2.45, 2.75) is 88.6 Å². The molecular weight excluding hydrogens is 428 g/mol. The molecule has 186 valence electrons. The van der Waals surface area contributed by atoms with Gasteiger partial charge in [0, 0.05) is 18.7 Å². The van der Waals surface area contributed by atoms with Crippen molar-refractivity contribution in [1.82, 2.24) is 10.2 Å². The molecule has 7 nitrogen and oxygen atoms in total. The number of hydrogen-bond donors (Lipinski definition) is 2. The molecule has 3 atom stereocenters. The number of amides is 2. The van der Waals surface area contributed by atoms with Crippen LogP contribution in [0.5, 0.6) is 5.75 Å². The minimum absolute atomic E-state index is 0.0448. The number of aliphatic imine (C=N–C) groups is 1. The van der Waals surface area contributed by atoms with Gasteiger partial charge in [-0.3, -0.25) is 14.5 Å². The number of benzene rings is 1. The zero-order chi connectivity index (χ0) is 24.1. The van der Waals surface area contributed by atoms with E-state index in [9.17, 15) is 9.59 Å². The Kier molecular flexibility index (Phi) is 7.79. The predicted molar refractivity (Wildman–Crippen MR) is 134 cm³/mol. The SMILES string of the molecule is COc1cccc(C(=O)N[C@@H]2CCC[C@H](C[C@@]3(CCC4CCCCC4)N=C(N)N(C)C3=O)C2)c1. The Hall–Kier alpha value is -2.57. The number of nitrogens with one attached hydrogen (secondary N) is 1. The Morgan fingerprint density at radius 3 is 2.65 bits per heavy atom. The van der Waals surface area contributed by atoms with Gasteiger partial charge in [-0.15, -0.1) is 0 Å². The van der Waals surface area contributed by atoms with Gasteiger partial charge in [0.25, 0.3) is 11.8 Å². The van der Waals surface area contributed by atoms with Gasteiger partial charge in [-0.05, 0) is 62.1 Å². The zero-order valence-electron chi connectivity index (χ0n) is 20.7. The average molecular weight is 469 g/mol. The van der Waals surface area contributed by atoms with E-state index in [1.807, 2.05) is 18.2 Å². The van der Waals surface area contributed by atoms with Crippen LogP contribution in [0.3, 0.4) is 0 Å². The lowest BCUT2D eigenvalue weighted by molar-refractivity contribution is -0.131. The van der Waals surface area contributed by atoms with E-state index in [0.717, 1.165) is 44.9 Å². The number of methoxy groups -OCH3 is 1. The second-order valence-corrected chi connectivity index (χ2v) is 10.5. The Labute approximate surface area is 203 Å². The fourth-order valence-corrected chi connectivity index (χ4v) is 6.19. The summed E-state index contributed by atoms with van der Waals surface area (Å²) >= 11 is 0. The first kappa shape index (κ1) is 24.6. The highest BCUT2D eigenvalue weighted by Gasteiger charge is 2.48. The minimum Gasteiger partial charge on any atom is -0.497 e. The molecule has 2 saturated carbocycles. The fraction of sp³-hybridized carbons (Fsp3) is 0.667. The molecule has 1 aliphatic heterocycles. The van der Waals surface area contributed by atoms with Crippen molar-refractivity contribution in [3.8, 4) is 5.75 Å². The minimum atomic E-state index is -0.736. The molecule has 4 rings (SSSR count). The van der Waals surface area contributed by atoms with Crippen LogP contribution in [-0.2, 0) is 4.79 Å². The maximum Gasteiger partial charge on any atom is 0.257 e. The number of nitrogens with zero attached hydrogens (tertiary/aromatic N) is 2. The van der Waals surface area contributed by atoms with Crippen LogP contribution in [0.15, 0.2) is 29.3 Å². The van der Waals surface area contributed by atoms with E-state index in [1.54, 1.807) is 20.2 Å². The largest absolute Gasteiger partial charge is 0.497 e. The lowest BCUT2D eigenvalue weighted by Crippen LogP contribution is -2.45. The number of rotatable bonds is 8. The number of carbonyl (C=O) groups is 2. The molecule has 1 aromatic carbocycles. The topological polar surface area (TPSA) is 97.0 Å². The molecule has 0 bridgehead atoms. The van der Waals surface area contributed by atoms with Crippen molar-refractivity contribution in [3.05, 3.63) is 29.8 Å². The van der Waals surface area contributed by atoms with E-state index in [4.69, 9.17) is 15.5 Å². The summed E-state index contributed by atoms with van der Waals surface area (Å²) in [6.07, 6.45) is 12.9. The summed E-state index contributed by atoms with van der Waals surface area (Å²) in [6.45, 7) is 0. The van der Waals surface area contributed by atoms with Crippen LogP contribution in [0.1, 0.15) is 87.4 Å². The smallest absolute Gasteiger partial charge is 0.257 e. The van der Waals surface area contributed by atoms with Gasteiger partial charge in [-0.2, -0.15) is 0 Å². The van der Waals surface area contributed by atoms with Crippen LogP contribution >= 0.6 is 0 Å². The molecule has 2 amide bonds. The molecule has 7 heteroatoms. The quantitative estimate of drug-likeness (QED) is 0.596. The van der Waals surface area contributed by atoms with Crippen LogP contribution in [0.4, 0.5) is 0 Å². The highest BCUT2D eigenvalue weighted by molar-refractivity contribution is 6.06. The molecule has 2 aliphatic carbocycles. The van der Waals surface area contributed by atoms with Crippen molar-refractivity contribution in [2.75, 3.05) is 14.2 Å². The van der Waals surface area contributed by atoms with Gasteiger partial charge in [-0.25, -0.2) is 4.99 Å². The van der Waals surface area contributed by atoms with E-state index in [0.29, 0.717) is 29.1 Å². The molecule has 0 unspecified atom stereocenters. The first-order valence-electron chi connectivity index (χ1n) is 13.0. The summed E-state index contributed by atoms with van der Waals surface area (Å²) in [5.41, 5.74) is 6.00. The van der Waals surface area contributed by atoms with Gasteiger partial charge < -0.3 is 15.8 Å². The van der Waals surface area contributed by atoms with Crippen LogP contribution in [0.25, 0.3) is 0 Å². The third kappa shape index (κ3) is 5.56. The summed E-state index contributed by atoms with van der Waals surface area (Å²) < 4.78 is 5.25. The van der Waals surface area contributed by atoms with Gasteiger partial charge in [0.2, 0.25) is 0 Å². The Morgan fingerprint density at radius 2 is 1.94 bits per heavy atom. The van der Waals surface area contributed by atoms with Crippen LogP contribution < -0.4 is 15.8 Å². The van der Waals surface area contributed by atoms with Gasteiger partial charge in [0.05, 0.1) is 7.11 Å². The number of guanidine groups is 1. The Bertz CT molecular complexity index is 911. The van der Waals surface area contributed by atoms with Gasteiger partial charge >= 0.3 is 0 Å². The van der Waals surface area contributed by atoms with Crippen molar-refractivity contribution >= 4 is 17.8 Å². The van der Waals surface area contributed by atoms with Crippen molar-refractivity contribution in [1.29, 1.82) is 0 Å². The second-order valence-electron chi connectivity index (χ2n) is 10.5. The zero-order valence-corrected chi connectivity index (χ0v) is 20.7. The van der Waals surface area contributed by atoms with E-state index in [1.165, 1.54) is 37.0 Å². The molecule has 0 radical (unpaired) electrons. The highest BCUT2D eigenvalue weighted by Crippen LogP contribution is 2.40. The molecule has 0 spiro atoms. The van der Waals surface area contributed by atoms with Gasteiger partial charge in [-0.1, -0.05) is 51.0 Å². The van der Waals surface area contributed by atoms with Crippen molar-refractivity contribution in [3.63, 3.8) is 0 Å². The van der Waals surface area contributed by atoms with E-state index in [-0.39, 0.29) is 17.9 Å². The molecular formula is C27H40N4O3. The Morgan fingerprint density at radius 1 is 1.18 bits per heavy atom. The average Bonchev–Trinajstić information content (AvgIpc) is 3.07. The van der Waals surface area contributed by atoms with E-state index < -0.39 is 5.54 Å². The summed E-state index contributed by atoms with van der Waals surface area (Å²) in [5, 5.41) is 3.22. The number of hydrogen-bond acceptors (Lipinski definition) is 5. The normalized spacial score (nSPS) is 28.0. The molecule has 2 fully saturated rings. The predicted octanol–water partition coefficient (Wildman–Crippen LogP) is 4.26. The van der Waals surface area contributed by atoms with Gasteiger partial charge in [0.15, 0.2) is 5.96 Å². The lowest BCUT2D eigenvalue weighted by atomic mass is 9.74. The van der Waals surface area contributed by atoms with Gasteiger partial charge in [0.1, 0.15) is 11.3 Å². The van der Waals surface area contributed by atoms with Crippen LogP contribution in [0.2, 0.25) is 0 Å². The molecule has 0 saturated heterocycles. The number of nitrogens with two attached hydrogens (primary N) is 1. The standard InChI is InChI=1S/C27H40N4O3/c1-31-25(33)27(30-26(31)28,15-14-19-8-4-3-5-9-19)18-20-10-6-12-22(16-20)29-24(32)21-11-7-13-23(17-21)34-2/h7,11,13,17,19-20,22H,3-6,8-10,12,14-16,18H2,1-2H3,(H2,28,30)(H,29,32)/t20-,22+,27+/m0/s1. The maximum atomic E-state index is 13.3. The van der Waals surface area contributed by atoms with E-state index >= 15 is 0 Å². The molecule has 3 N–H and O–H groups in total. The second kappa shape index (κ2) is 10.8. The summed E-state index contributed by atoms with van der Waals surface area (Å²) in [5.74, 6) is 2.02. The van der Waals surface area contributed by atoms with Crippen LogP contribution in [-0.4, -0.2) is 48.4 Å². The highest BCUT2D eigenvalue weighted by atomic mass is 16.5. The lowest BCUT2D eigenvalue weighted by Gasteiger charge is -2.35. The summed E-state index contributed by atoms with van der Waals surface area (Å²) in [7, 11) is 3.34. The molecule has 3 aliphatic rings. The first-order chi connectivity index (χ1) is 16.4. The summed E-state index contributed by atoms with van der Waals surface area (Å²) in [4.78, 5) is 32.5. The molecule has 1 aromatic rings. The van der Waals surface area contributed by atoms with Crippen molar-refractivity contribution in [2.24, 2.45) is 22.6 Å². The van der Waals surface area contributed by atoms with Crippen LogP contribution in [0, 0.1) is 11.8 Å². The third-order valence-electron chi connectivity index (χ3n) is 8.14. The van der Waals surface area contributed by atoms with E-state index in [2.05, 4.69) is 5.32 Å². The number of ether oxygens (including phenoxy) is 1. The number of carbonyl (C=O) groups excluding carboxylic acids is 2. The Balaban J connectivity index is 1.41. The van der Waals surface area contributed by atoms with Crippen molar-refractivity contribution < 1.29 is 14.3 Å². The monoisotopic (exact) mass is 468 g/mol. The fourth-order valence-electron chi connectivity index (χ4n) is 6.19. The third-order valence-corrected chi connectivity index (χ3v) is 8.14. The number of likely N-dealkylation sites (N-methyl/N-ethyl adjacent to an activating group) is 1. The summed E-state index contributed by atoms with van der Waals surface area (Å²) in [6, 6.07) is 7.34. The molecule has 34 heavy (non-hydrogen) atoms. The molecule has 1 heterocycles. The first-order valence-corrected chi connectivity index (χ1v) is 13.0. The molecule has 0 aromatic heterocycles.